The first-order chi connectivity index (χ1) is 10.2. The van der Waals surface area contributed by atoms with Crippen molar-refractivity contribution in [3.8, 4) is 5.75 Å². The molecule has 0 aromatic heterocycles. The molecule has 1 aliphatic carbocycles. The number of para-hydroxylation sites is 1. The lowest BCUT2D eigenvalue weighted by Gasteiger charge is -2.29. The molecule has 0 amide bonds. The second-order valence-electron chi connectivity index (χ2n) is 7.08. The van der Waals surface area contributed by atoms with Crippen molar-refractivity contribution in [2.75, 3.05) is 13.2 Å². The normalized spacial score (nSPS) is 29.3. The summed E-state index contributed by atoms with van der Waals surface area (Å²) >= 11 is 0. The molecule has 1 fully saturated rings. The molecule has 1 aromatic carbocycles. The summed E-state index contributed by atoms with van der Waals surface area (Å²) in [5.41, 5.74) is 2.64. The molecule has 3 rings (SSSR count). The summed E-state index contributed by atoms with van der Waals surface area (Å²) in [5, 5.41) is 3.86. The number of aryl methyl sites for hydroxylation is 1. The molecule has 1 N–H and O–H groups in total. The van der Waals surface area contributed by atoms with E-state index in [0.29, 0.717) is 6.04 Å². The molecule has 1 aromatic rings. The molecule has 0 saturated heterocycles. The Morgan fingerprint density at radius 2 is 2.10 bits per heavy atom. The van der Waals surface area contributed by atoms with E-state index in [-0.39, 0.29) is 0 Å². The lowest BCUT2D eigenvalue weighted by atomic mass is 9.82. The SMILES string of the molecule is Cc1cccc2c1OCCCC2NCC1CCCC(C)C1. The van der Waals surface area contributed by atoms with Crippen LogP contribution in [0.25, 0.3) is 0 Å². The summed E-state index contributed by atoms with van der Waals surface area (Å²) in [5.74, 6) is 2.91. The van der Waals surface area contributed by atoms with Crippen LogP contribution in [0.15, 0.2) is 18.2 Å². The van der Waals surface area contributed by atoms with E-state index in [0.717, 1.165) is 30.6 Å². The number of rotatable bonds is 3. The van der Waals surface area contributed by atoms with E-state index in [4.69, 9.17) is 4.74 Å². The number of hydrogen-bond acceptors (Lipinski definition) is 2. The van der Waals surface area contributed by atoms with Crippen molar-refractivity contribution in [3.05, 3.63) is 29.3 Å². The maximum absolute atomic E-state index is 5.98. The Morgan fingerprint density at radius 1 is 1.19 bits per heavy atom. The van der Waals surface area contributed by atoms with E-state index in [1.54, 1.807) is 0 Å². The monoisotopic (exact) mass is 287 g/mol. The summed E-state index contributed by atoms with van der Waals surface area (Å²) < 4.78 is 5.98. The van der Waals surface area contributed by atoms with Gasteiger partial charge >= 0.3 is 0 Å². The zero-order valence-corrected chi connectivity index (χ0v) is 13.5. The average molecular weight is 287 g/mol. The third-order valence-corrected chi connectivity index (χ3v) is 5.20. The maximum atomic E-state index is 5.98. The van der Waals surface area contributed by atoms with E-state index in [1.807, 2.05) is 0 Å². The highest BCUT2D eigenvalue weighted by Crippen LogP contribution is 2.35. The Labute approximate surface area is 129 Å². The third kappa shape index (κ3) is 3.60. The van der Waals surface area contributed by atoms with Crippen LogP contribution in [0.5, 0.6) is 5.75 Å². The van der Waals surface area contributed by atoms with Gasteiger partial charge < -0.3 is 10.1 Å². The van der Waals surface area contributed by atoms with Gasteiger partial charge in [0.05, 0.1) is 6.61 Å². The van der Waals surface area contributed by atoms with Crippen LogP contribution in [-0.4, -0.2) is 13.2 Å². The van der Waals surface area contributed by atoms with Gasteiger partial charge in [0.15, 0.2) is 0 Å². The van der Waals surface area contributed by atoms with Gasteiger partial charge in [0.25, 0.3) is 0 Å². The third-order valence-electron chi connectivity index (χ3n) is 5.20. The van der Waals surface area contributed by atoms with Gasteiger partial charge in [-0.15, -0.1) is 0 Å². The van der Waals surface area contributed by atoms with Gasteiger partial charge in [-0.25, -0.2) is 0 Å². The predicted octanol–water partition coefficient (Wildman–Crippen LogP) is 4.62. The molecule has 1 saturated carbocycles. The average Bonchev–Trinajstić information content (AvgIpc) is 2.69. The fourth-order valence-electron chi connectivity index (χ4n) is 4.03. The van der Waals surface area contributed by atoms with E-state index < -0.39 is 0 Å². The Balaban J connectivity index is 1.67. The quantitative estimate of drug-likeness (QED) is 0.875. The van der Waals surface area contributed by atoms with Gasteiger partial charge in [-0.1, -0.05) is 38.0 Å². The first kappa shape index (κ1) is 14.9. The number of benzene rings is 1. The highest BCUT2D eigenvalue weighted by Gasteiger charge is 2.23. The topological polar surface area (TPSA) is 21.3 Å². The minimum absolute atomic E-state index is 0.472. The van der Waals surface area contributed by atoms with Crippen LogP contribution in [0.2, 0.25) is 0 Å². The number of fused-ring (bicyclic) bond motifs is 1. The Hall–Kier alpha value is -1.02. The van der Waals surface area contributed by atoms with Crippen LogP contribution in [-0.2, 0) is 0 Å². The van der Waals surface area contributed by atoms with Gasteiger partial charge in [-0.3, -0.25) is 0 Å². The van der Waals surface area contributed by atoms with Crippen molar-refractivity contribution >= 4 is 0 Å². The Kier molecular flexibility index (Phi) is 4.84. The molecular weight excluding hydrogens is 258 g/mol. The molecule has 0 radical (unpaired) electrons. The van der Waals surface area contributed by atoms with Crippen LogP contribution >= 0.6 is 0 Å². The van der Waals surface area contributed by atoms with Crippen molar-refractivity contribution in [2.45, 2.75) is 58.4 Å². The first-order valence-corrected chi connectivity index (χ1v) is 8.69. The van der Waals surface area contributed by atoms with Gasteiger partial charge in [0.1, 0.15) is 5.75 Å². The molecule has 2 nitrogen and oxygen atoms in total. The summed E-state index contributed by atoms with van der Waals surface area (Å²) in [6.07, 6.45) is 7.98. The fraction of sp³-hybridized carbons (Fsp3) is 0.684. The predicted molar refractivity (Wildman–Crippen MR) is 87.8 cm³/mol. The molecule has 1 heterocycles. The molecule has 3 unspecified atom stereocenters. The zero-order valence-electron chi connectivity index (χ0n) is 13.5. The maximum Gasteiger partial charge on any atom is 0.126 e. The minimum Gasteiger partial charge on any atom is -0.493 e. The second-order valence-corrected chi connectivity index (χ2v) is 7.08. The standard InChI is InChI=1S/C19H29NO/c1-14-6-3-8-16(12-14)13-20-18-10-5-11-21-19-15(2)7-4-9-17(18)19/h4,7,9,14,16,18,20H,3,5-6,8,10-13H2,1-2H3. The van der Waals surface area contributed by atoms with Crippen LogP contribution in [0.1, 0.15) is 62.6 Å². The summed E-state index contributed by atoms with van der Waals surface area (Å²) in [6, 6.07) is 7.04. The summed E-state index contributed by atoms with van der Waals surface area (Å²) in [4.78, 5) is 0. The molecule has 0 spiro atoms. The highest BCUT2D eigenvalue weighted by atomic mass is 16.5. The summed E-state index contributed by atoms with van der Waals surface area (Å²) in [6.45, 7) is 6.59. The van der Waals surface area contributed by atoms with Crippen molar-refractivity contribution in [3.63, 3.8) is 0 Å². The molecule has 1 aliphatic heterocycles. The highest BCUT2D eigenvalue weighted by molar-refractivity contribution is 5.43. The van der Waals surface area contributed by atoms with Gasteiger partial charge in [-0.2, -0.15) is 0 Å². The largest absolute Gasteiger partial charge is 0.493 e. The van der Waals surface area contributed by atoms with Crippen molar-refractivity contribution in [2.24, 2.45) is 11.8 Å². The molecule has 116 valence electrons. The number of ether oxygens (including phenoxy) is 1. The van der Waals surface area contributed by atoms with Crippen LogP contribution in [0.3, 0.4) is 0 Å². The lowest BCUT2D eigenvalue weighted by Crippen LogP contribution is -2.30. The van der Waals surface area contributed by atoms with Gasteiger partial charge in [-0.05, 0) is 56.6 Å². The van der Waals surface area contributed by atoms with Crippen molar-refractivity contribution in [1.29, 1.82) is 0 Å². The van der Waals surface area contributed by atoms with E-state index in [9.17, 15) is 0 Å². The lowest BCUT2D eigenvalue weighted by molar-refractivity contribution is 0.264. The molecule has 2 aliphatic rings. The van der Waals surface area contributed by atoms with Crippen molar-refractivity contribution < 1.29 is 4.74 Å². The van der Waals surface area contributed by atoms with E-state index in [2.05, 4.69) is 37.4 Å². The smallest absolute Gasteiger partial charge is 0.126 e. The first-order valence-electron chi connectivity index (χ1n) is 8.69. The van der Waals surface area contributed by atoms with E-state index in [1.165, 1.54) is 49.8 Å². The van der Waals surface area contributed by atoms with Gasteiger partial charge in [0.2, 0.25) is 0 Å². The van der Waals surface area contributed by atoms with E-state index >= 15 is 0 Å². The second kappa shape index (κ2) is 6.83. The Morgan fingerprint density at radius 3 is 2.95 bits per heavy atom. The molecule has 3 atom stereocenters. The fourth-order valence-corrected chi connectivity index (χ4v) is 4.03. The minimum atomic E-state index is 0.472. The molecule has 21 heavy (non-hydrogen) atoms. The summed E-state index contributed by atoms with van der Waals surface area (Å²) in [7, 11) is 0. The number of nitrogens with one attached hydrogen (secondary N) is 1. The van der Waals surface area contributed by atoms with Gasteiger partial charge in [0, 0.05) is 11.6 Å². The molecule has 0 bridgehead atoms. The van der Waals surface area contributed by atoms with Crippen molar-refractivity contribution in [1.82, 2.24) is 5.32 Å². The zero-order chi connectivity index (χ0) is 14.7. The van der Waals surface area contributed by atoms with Crippen LogP contribution < -0.4 is 10.1 Å². The van der Waals surface area contributed by atoms with Crippen LogP contribution in [0, 0.1) is 18.8 Å². The molecule has 2 heteroatoms. The molecular formula is C19H29NO. The number of hydrogen-bond donors (Lipinski definition) is 1. The Bertz CT molecular complexity index is 471. The van der Waals surface area contributed by atoms with Crippen LogP contribution in [0.4, 0.5) is 0 Å².